The zero-order chi connectivity index (χ0) is 13.4. The van der Waals surface area contributed by atoms with Crippen LogP contribution >= 0.6 is 11.6 Å². The first-order valence-electron chi connectivity index (χ1n) is 6.17. The Kier molecular flexibility index (Phi) is 3.28. The lowest BCUT2D eigenvalue weighted by molar-refractivity contribution is -0.122. The van der Waals surface area contributed by atoms with Crippen molar-refractivity contribution in [2.45, 2.75) is 38.6 Å². The molecule has 1 amide bonds. The van der Waals surface area contributed by atoms with Crippen molar-refractivity contribution in [1.29, 1.82) is 0 Å². The number of nitrogens with two attached hydrogens (primary N) is 1. The van der Waals surface area contributed by atoms with Crippen molar-refractivity contribution < 1.29 is 4.79 Å². The van der Waals surface area contributed by atoms with Crippen LogP contribution in [0.5, 0.6) is 0 Å². The first kappa shape index (κ1) is 13.2. The number of carbonyl (C=O) groups is 1. The van der Waals surface area contributed by atoms with Crippen LogP contribution in [0.4, 0.5) is 5.69 Å². The predicted molar refractivity (Wildman–Crippen MR) is 74.6 cm³/mol. The van der Waals surface area contributed by atoms with Gasteiger partial charge >= 0.3 is 0 Å². The summed E-state index contributed by atoms with van der Waals surface area (Å²) in [5.74, 6) is -0.275. The summed E-state index contributed by atoms with van der Waals surface area (Å²) in [7, 11) is 0. The van der Waals surface area contributed by atoms with Crippen LogP contribution in [0.3, 0.4) is 0 Å². The Balaban J connectivity index is 2.23. The van der Waals surface area contributed by atoms with Crippen LogP contribution in [0.2, 0.25) is 5.02 Å². The SMILES string of the molecule is CC1(C)CCC(Nc2ccc(Cl)cc2)(C(N)=O)C1. The largest absolute Gasteiger partial charge is 0.371 e. The van der Waals surface area contributed by atoms with Crippen LogP contribution in [0.15, 0.2) is 24.3 Å². The van der Waals surface area contributed by atoms with Crippen molar-refractivity contribution in [2.75, 3.05) is 5.32 Å². The molecule has 0 radical (unpaired) electrons. The van der Waals surface area contributed by atoms with E-state index in [9.17, 15) is 4.79 Å². The molecule has 98 valence electrons. The molecule has 0 aromatic heterocycles. The van der Waals surface area contributed by atoms with Gasteiger partial charge in [0.2, 0.25) is 5.91 Å². The highest BCUT2D eigenvalue weighted by molar-refractivity contribution is 6.30. The fraction of sp³-hybridized carbons (Fsp3) is 0.500. The van der Waals surface area contributed by atoms with E-state index in [1.165, 1.54) is 0 Å². The van der Waals surface area contributed by atoms with E-state index in [2.05, 4.69) is 19.2 Å². The molecule has 1 atom stereocenters. The Morgan fingerprint density at radius 2 is 1.89 bits per heavy atom. The minimum absolute atomic E-state index is 0.147. The summed E-state index contributed by atoms with van der Waals surface area (Å²) >= 11 is 5.85. The van der Waals surface area contributed by atoms with Crippen molar-refractivity contribution in [1.82, 2.24) is 0 Å². The Bertz CT molecular complexity index is 455. The molecule has 18 heavy (non-hydrogen) atoms. The Labute approximate surface area is 113 Å². The molecule has 1 aromatic rings. The Morgan fingerprint density at radius 3 is 2.33 bits per heavy atom. The maximum Gasteiger partial charge on any atom is 0.243 e. The average Bonchev–Trinajstić information content (AvgIpc) is 2.59. The summed E-state index contributed by atoms with van der Waals surface area (Å²) in [6, 6.07) is 7.36. The Hall–Kier alpha value is -1.22. The molecule has 0 spiro atoms. The van der Waals surface area contributed by atoms with Gasteiger partial charge in [-0.3, -0.25) is 4.79 Å². The highest BCUT2D eigenvalue weighted by Gasteiger charge is 2.47. The van der Waals surface area contributed by atoms with E-state index in [0.717, 1.165) is 24.9 Å². The number of nitrogens with one attached hydrogen (secondary N) is 1. The van der Waals surface area contributed by atoms with E-state index in [-0.39, 0.29) is 11.3 Å². The van der Waals surface area contributed by atoms with Gasteiger partial charge in [-0.1, -0.05) is 25.4 Å². The lowest BCUT2D eigenvalue weighted by atomic mass is 9.87. The van der Waals surface area contributed by atoms with Gasteiger partial charge in [-0.25, -0.2) is 0 Å². The number of amides is 1. The van der Waals surface area contributed by atoms with E-state index < -0.39 is 5.54 Å². The maximum absolute atomic E-state index is 11.8. The van der Waals surface area contributed by atoms with Crippen molar-refractivity contribution in [3.8, 4) is 0 Å². The van der Waals surface area contributed by atoms with Gasteiger partial charge in [0.05, 0.1) is 0 Å². The number of rotatable bonds is 3. The molecule has 1 unspecified atom stereocenters. The molecule has 0 heterocycles. The predicted octanol–water partition coefficient (Wildman–Crippen LogP) is 3.19. The molecule has 2 rings (SSSR count). The minimum atomic E-state index is -0.628. The minimum Gasteiger partial charge on any atom is -0.371 e. The topological polar surface area (TPSA) is 55.1 Å². The van der Waals surface area contributed by atoms with Crippen molar-refractivity contribution >= 4 is 23.2 Å². The van der Waals surface area contributed by atoms with Gasteiger partial charge in [0, 0.05) is 10.7 Å². The maximum atomic E-state index is 11.8. The van der Waals surface area contributed by atoms with Crippen LogP contribution in [0.25, 0.3) is 0 Å². The second-order valence-corrected chi connectivity index (χ2v) is 6.36. The number of benzene rings is 1. The number of hydrogen-bond acceptors (Lipinski definition) is 2. The van der Waals surface area contributed by atoms with E-state index in [4.69, 9.17) is 17.3 Å². The number of halogens is 1. The van der Waals surface area contributed by atoms with E-state index in [0.29, 0.717) is 5.02 Å². The molecule has 0 bridgehead atoms. The monoisotopic (exact) mass is 266 g/mol. The Morgan fingerprint density at radius 1 is 1.28 bits per heavy atom. The number of hydrogen-bond donors (Lipinski definition) is 2. The fourth-order valence-corrected chi connectivity index (χ4v) is 2.86. The molecular weight excluding hydrogens is 248 g/mol. The molecule has 1 fully saturated rings. The van der Waals surface area contributed by atoms with Gasteiger partial charge in [-0.2, -0.15) is 0 Å². The van der Waals surface area contributed by atoms with Crippen LogP contribution < -0.4 is 11.1 Å². The van der Waals surface area contributed by atoms with Gasteiger partial charge in [0.15, 0.2) is 0 Å². The summed E-state index contributed by atoms with van der Waals surface area (Å²) in [6.07, 6.45) is 2.53. The zero-order valence-corrected chi connectivity index (χ0v) is 11.6. The van der Waals surface area contributed by atoms with Crippen molar-refractivity contribution in [3.63, 3.8) is 0 Å². The molecule has 1 saturated carbocycles. The molecule has 3 N–H and O–H groups in total. The number of primary amides is 1. The molecule has 1 aliphatic carbocycles. The third kappa shape index (κ3) is 2.61. The average molecular weight is 267 g/mol. The first-order valence-corrected chi connectivity index (χ1v) is 6.55. The lowest BCUT2D eigenvalue weighted by Gasteiger charge is -2.30. The normalized spacial score (nSPS) is 25.9. The van der Waals surface area contributed by atoms with Crippen molar-refractivity contribution in [3.05, 3.63) is 29.3 Å². The van der Waals surface area contributed by atoms with Gasteiger partial charge < -0.3 is 11.1 Å². The van der Waals surface area contributed by atoms with E-state index in [1.54, 1.807) is 12.1 Å². The highest BCUT2D eigenvalue weighted by Crippen LogP contribution is 2.45. The van der Waals surface area contributed by atoms with E-state index in [1.807, 2.05) is 12.1 Å². The van der Waals surface area contributed by atoms with Crippen LogP contribution in [-0.4, -0.2) is 11.4 Å². The van der Waals surface area contributed by atoms with Gasteiger partial charge in [-0.15, -0.1) is 0 Å². The quantitative estimate of drug-likeness (QED) is 0.883. The third-order valence-electron chi connectivity index (χ3n) is 3.71. The fourth-order valence-electron chi connectivity index (χ4n) is 2.73. The van der Waals surface area contributed by atoms with Gasteiger partial charge in [0.25, 0.3) is 0 Å². The highest BCUT2D eigenvalue weighted by atomic mass is 35.5. The number of carbonyl (C=O) groups excluding carboxylic acids is 1. The molecule has 3 nitrogen and oxygen atoms in total. The molecular formula is C14H19ClN2O. The van der Waals surface area contributed by atoms with Gasteiger partial charge in [-0.05, 0) is 48.9 Å². The molecule has 4 heteroatoms. The number of anilines is 1. The van der Waals surface area contributed by atoms with Crippen LogP contribution in [-0.2, 0) is 4.79 Å². The summed E-state index contributed by atoms with van der Waals surface area (Å²) < 4.78 is 0. The second kappa shape index (κ2) is 4.47. The van der Waals surface area contributed by atoms with Gasteiger partial charge in [0.1, 0.15) is 5.54 Å². The van der Waals surface area contributed by atoms with Crippen molar-refractivity contribution in [2.24, 2.45) is 11.1 Å². The first-order chi connectivity index (χ1) is 8.33. The summed E-state index contributed by atoms with van der Waals surface area (Å²) in [6.45, 7) is 4.34. The summed E-state index contributed by atoms with van der Waals surface area (Å²) in [5.41, 5.74) is 6.01. The summed E-state index contributed by atoms with van der Waals surface area (Å²) in [5, 5.41) is 3.98. The standard InChI is InChI=1S/C14H19ClN2O/c1-13(2)7-8-14(9-13,12(16)18)17-11-5-3-10(15)4-6-11/h3-6,17H,7-9H2,1-2H3,(H2,16,18). The molecule has 1 aliphatic rings. The van der Waals surface area contributed by atoms with Crippen LogP contribution in [0.1, 0.15) is 33.1 Å². The third-order valence-corrected chi connectivity index (χ3v) is 3.96. The lowest BCUT2D eigenvalue weighted by Crippen LogP contribution is -2.49. The molecule has 0 saturated heterocycles. The van der Waals surface area contributed by atoms with Crippen LogP contribution in [0, 0.1) is 5.41 Å². The smallest absolute Gasteiger partial charge is 0.243 e. The molecule has 0 aliphatic heterocycles. The van der Waals surface area contributed by atoms with E-state index >= 15 is 0 Å². The second-order valence-electron chi connectivity index (χ2n) is 5.92. The zero-order valence-electron chi connectivity index (χ0n) is 10.8. The summed E-state index contributed by atoms with van der Waals surface area (Å²) in [4.78, 5) is 11.8. The molecule has 1 aromatic carbocycles.